The molecule has 0 unspecified atom stereocenters. The number of anilines is 1. The molecule has 0 bridgehead atoms. The maximum atomic E-state index is 6.02. The highest BCUT2D eigenvalue weighted by Crippen LogP contribution is 2.34. The smallest absolute Gasteiger partial charge is 0.264 e. The van der Waals surface area contributed by atoms with Gasteiger partial charge in [-0.05, 0) is 36.2 Å². The second kappa shape index (κ2) is 4.02. The molecule has 0 aliphatic carbocycles. The zero-order chi connectivity index (χ0) is 11.7. The van der Waals surface area contributed by atoms with Gasteiger partial charge in [0, 0.05) is 6.54 Å². The van der Waals surface area contributed by atoms with Crippen LogP contribution < -0.4 is 16.2 Å². The average molecular weight is 221 g/mol. The van der Waals surface area contributed by atoms with E-state index in [2.05, 4.69) is 5.16 Å². The number of ether oxygens (including phenoxy) is 1. The minimum absolute atomic E-state index is 0.397. The Kier molecular flexibility index (Phi) is 2.70. The molecule has 5 heteroatoms. The van der Waals surface area contributed by atoms with E-state index in [1.54, 1.807) is 0 Å². The molecule has 0 aliphatic heterocycles. The first-order chi connectivity index (χ1) is 7.65. The molecule has 1 heterocycles. The second-order valence-corrected chi connectivity index (χ2v) is 3.73. The summed E-state index contributed by atoms with van der Waals surface area (Å²) in [6.45, 7) is 4.77. The van der Waals surface area contributed by atoms with Gasteiger partial charge < -0.3 is 20.7 Å². The minimum Gasteiger partial charge on any atom is -0.474 e. The highest BCUT2D eigenvalue weighted by molar-refractivity contribution is 5.95. The fourth-order valence-electron chi connectivity index (χ4n) is 1.59. The summed E-state index contributed by atoms with van der Waals surface area (Å²) in [5.74, 6) is 0.418. The SMILES string of the molecule is Cc1cc2onc(OCCN)c2c(N)c1C. The van der Waals surface area contributed by atoms with Crippen molar-refractivity contribution in [1.82, 2.24) is 5.16 Å². The highest BCUT2D eigenvalue weighted by atomic mass is 16.5. The molecule has 1 aromatic carbocycles. The van der Waals surface area contributed by atoms with Gasteiger partial charge in [0.05, 0.1) is 5.69 Å². The first-order valence-electron chi connectivity index (χ1n) is 5.13. The predicted octanol–water partition coefficient (Wildman–Crippen LogP) is 1.36. The van der Waals surface area contributed by atoms with Gasteiger partial charge in [0.25, 0.3) is 5.88 Å². The molecule has 0 radical (unpaired) electrons. The van der Waals surface area contributed by atoms with Crippen molar-refractivity contribution in [3.05, 3.63) is 17.2 Å². The largest absolute Gasteiger partial charge is 0.474 e. The Bertz CT molecular complexity index is 519. The normalized spacial score (nSPS) is 10.9. The Hall–Kier alpha value is -1.75. The molecule has 2 aromatic rings. The minimum atomic E-state index is 0.397. The van der Waals surface area contributed by atoms with Gasteiger partial charge in [-0.3, -0.25) is 0 Å². The maximum Gasteiger partial charge on any atom is 0.264 e. The molecule has 0 amide bonds. The van der Waals surface area contributed by atoms with E-state index in [-0.39, 0.29) is 0 Å². The topological polar surface area (TPSA) is 87.3 Å². The van der Waals surface area contributed by atoms with E-state index in [9.17, 15) is 0 Å². The summed E-state index contributed by atoms with van der Waals surface area (Å²) in [6.07, 6.45) is 0. The maximum absolute atomic E-state index is 6.02. The molecule has 1 aromatic heterocycles. The van der Waals surface area contributed by atoms with Crippen LogP contribution in [0.2, 0.25) is 0 Å². The van der Waals surface area contributed by atoms with Crippen LogP contribution >= 0.6 is 0 Å². The van der Waals surface area contributed by atoms with Gasteiger partial charge in [0.2, 0.25) is 0 Å². The van der Waals surface area contributed by atoms with E-state index in [0.717, 1.165) is 16.5 Å². The number of hydrogen-bond donors (Lipinski definition) is 2. The van der Waals surface area contributed by atoms with Crippen LogP contribution in [-0.4, -0.2) is 18.3 Å². The number of nitrogens with zero attached hydrogens (tertiary/aromatic N) is 1. The Morgan fingerprint density at radius 3 is 2.88 bits per heavy atom. The Labute approximate surface area is 93.3 Å². The first kappa shape index (κ1) is 10.8. The Morgan fingerprint density at radius 1 is 1.44 bits per heavy atom. The quantitative estimate of drug-likeness (QED) is 0.764. The number of hydrogen-bond acceptors (Lipinski definition) is 5. The molecular weight excluding hydrogens is 206 g/mol. The first-order valence-corrected chi connectivity index (χ1v) is 5.13. The van der Waals surface area contributed by atoms with E-state index in [1.165, 1.54) is 0 Å². The molecular formula is C11H15N3O2. The standard InChI is InChI=1S/C11H15N3O2/c1-6-5-8-9(10(13)7(6)2)11(14-16-8)15-4-3-12/h5H,3-4,12-13H2,1-2H3. The summed E-state index contributed by atoms with van der Waals surface area (Å²) in [5, 5.41) is 4.58. The number of aromatic nitrogens is 1. The summed E-state index contributed by atoms with van der Waals surface area (Å²) in [6, 6.07) is 1.91. The molecule has 0 saturated heterocycles. The van der Waals surface area contributed by atoms with Crippen LogP contribution in [0.5, 0.6) is 5.88 Å². The number of aryl methyl sites for hydroxylation is 1. The second-order valence-electron chi connectivity index (χ2n) is 3.73. The number of nitrogens with two attached hydrogens (primary N) is 2. The van der Waals surface area contributed by atoms with Crippen LogP contribution in [0.3, 0.4) is 0 Å². The van der Waals surface area contributed by atoms with Gasteiger partial charge in [-0.1, -0.05) is 0 Å². The van der Waals surface area contributed by atoms with E-state index in [0.29, 0.717) is 30.3 Å². The van der Waals surface area contributed by atoms with Crippen molar-refractivity contribution in [2.24, 2.45) is 5.73 Å². The fraction of sp³-hybridized carbons (Fsp3) is 0.364. The van der Waals surface area contributed by atoms with Crippen molar-refractivity contribution in [2.75, 3.05) is 18.9 Å². The van der Waals surface area contributed by atoms with Crippen LogP contribution in [0.15, 0.2) is 10.6 Å². The summed E-state index contributed by atoms with van der Waals surface area (Å²) in [5.41, 5.74) is 14.8. The van der Waals surface area contributed by atoms with E-state index in [1.807, 2.05) is 19.9 Å². The molecule has 2 rings (SSSR count). The van der Waals surface area contributed by atoms with E-state index in [4.69, 9.17) is 20.7 Å². The van der Waals surface area contributed by atoms with Gasteiger partial charge in [0.15, 0.2) is 5.58 Å². The lowest BCUT2D eigenvalue weighted by molar-refractivity contribution is 0.293. The van der Waals surface area contributed by atoms with Crippen LogP contribution in [-0.2, 0) is 0 Å². The molecule has 0 spiro atoms. The van der Waals surface area contributed by atoms with Gasteiger partial charge in [-0.2, -0.15) is 0 Å². The van der Waals surface area contributed by atoms with Crippen LogP contribution in [0.4, 0.5) is 5.69 Å². The van der Waals surface area contributed by atoms with Crippen molar-refractivity contribution in [2.45, 2.75) is 13.8 Å². The van der Waals surface area contributed by atoms with E-state index < -0.39 is 0 Å². The predicted molar refractivity (Wildman–Crippen MR) is 62.4 cm³/mol. The number of fused-ring (bicyclic) bond motifs is 1. The van der Waals surface area contributed by atoms with Crippen LogP contribution in [0.25, 0.3) is 11.0 Å². The lowest BCUT2D eigenvalue weighted by Gasteiger charge is -2.06. The van der Waals surface area contributed by atoms with Gasteiger partial charge in [-0.25, -0.2) is 0 Å². The van der Waals surface area contributed by atoms with Crippen molar-refractivity contribution < 1.29 is 9.26 Å². The monoisotopic (exact) mass is 221 g/mol. The number of benzene rings is 1. The number of rotatable bonds is 3. The third kappa shape index (κ3) is 1.59. The third-order valence-electron chi connectivity index (χ3n) is 2.66. The number of nitrogen functional groups attached to an aromatic ring is 1. The summed E-state index contributed by atoms with van der Waals surface area (Å²) in [7, 11) is 0. The molecule has 0 atom stereocenters. The third-order valence-corrected chi connectivity index (χ3v) is 2.66. The average Bonchev–Trinajstić information content (AvgIpc) is 2.66. The zero-order valence-electron chi connectivity index (χ0n) is 9.41. The highest BCUT2D eigenvalue weighted by Gasteiger charge is 2.15. The van der Waals surface area contributed by atoms with Gasteiger partial charge in [0.1, 0.15) is 12.0 Å². The molecule has 5 nitrogen and oxygen atoms in total. The molecule has 0 aliphatic rings. The summed E-state index contributed by atoms with van der Waals surface area (Å²) in [4.78, 5) is 0. The summed E-state index contributed by atoms with van der Waals surface area (Å²) < 4.78 is 10.5. The van der Waals surface area contributed by atoms with E-state index >= 15 is 0 Å². The molecule has 0 saturated carbocycles. The van der Waals surface area contributed by atoms with Crippen LogP contribution in [0, 0.1) is 13.8 Å². The zero-order valence-corrected chi connectivity index (χ0v) is 9.41. The molecule has 16 heavy (non-hydrogen) atoms. The van der Waals surface area contributed by atoms with Gasteiger partial charge in [-0.15, -0.1) is 0 Å². The molecule has 0 fully saturated rings. The Balaban J connectivity index is 2.57. The molecule has 4 N–H and O–H groups in total. The molecule has 86 valence electrons. The fourth-order valence-corrected chi connectivity index (χ4v) is 1.59. The van der Waals surface area contributed by atoms with Crippen LogP contribution in [0.1, 0.15) is 11.1 Å². The Morgan fingerprint density at radius 2 is 2.19 bits per heavy atom. The van der Waals surface area contributed by atoms with Gasteiger partial charge >= 0.3 is 0 Å². The lowest BCUT2D eigenvalue weighted by Crippen LogP contribution is -2.11. The van der Waals surface area contributed by atoms with Crippen molar-refractivity contribution in [3.63, 3.8) is 0 Å². The summed E-state index contributed by atoms with van der Waals surface area (Å²) >= 11 is 0. The van der Waals surface area contributed by atoms with Crippen molar-refractivity contribution in [1.29, 1.82) is 0 Å². The van der Waals surface area contributed by atoms with Crippen molar-refractivity contribution >= 4 is 16.7 Å². The lowest BCUT2D eigenvalue weighted by atomic mass is 10.1. The van der Waals surface area contributed by atoms with Crippen molar-refractivity contribution in [3.8, 4) is 5.88 Å².